The molecule has 1 nitrogen and oxygen atoms in total. The fraction of sp³-hybridized carbons (Fsp3) is 0.0909. The zero-order chi connectivity index (χ0) is 16.0. The van der Waals surface area contributed by atoms with E-state index in [1.807, 2.05) is 4.58 Å². The van der Waals surface area contributed by atoms with Gasteiger partial charge in [0, 0.05) is 0 Å². The lowest BCUT2D eigenvalue weighted by Gasteiger charge is -2.25. The molecule has 0 radical (unpaired) electrons. The van der Waals surface area contributed by atoms with Gasteiger partial charge in [0.25, 0.3) is 0 Å². The van der Waals surface area contributed by atoms with Crippen molar-refractivity contribution in [2.45, 2.75) is 13.8 Å². The van der Waals surface area contributed by atoms with Gasteiger partial charge in [-0.2, -0.15) is 0 Å². The van der Waals surface area contributed by atoms with Crippen LogP contribution in [0.25, 0.3) is 16.8 Å². The predicted molar refractivity (Wildman–Crippen MR) is 97.7 cm³/mol. The van der Waals surface area contributed by atoms with E-state index in [1.54, 1.807) is 0 Å². The summed E-state index contributed by atoms with van der Waals surface area (Å²) < 4.78 is 1.98. The van der Waals surface area contributed by atoms with Crippen molar-refractivity contribution in [2.75, 3.05) is 0 Å². The number of fused-ring (bicyclic) bond motifs is 3. The first-order chi connectivity index (χ1) is 11.1. The van der Waals surface area contributed by atoms with Crippen LogP contribution >= 0.6 is 0 Å². The maximum absolute atomic E-state index is 4.20. The summed E-state index contributed by atoms with van der Waals surface area (Å²) in [6, 6.07) is 20.8. The molecule has 0 fully saturated rings. The van der Waals surface area contributed by atoms with Crippen molar-refractivity contribution in [1.29, 1.82) is 0 Å². The standard InChI is InChI=1S/C22H19N/c1-15-12-16(2)14-18(13-15)22-21-9-8-17-6-4-5-7-19(17)20(21)10-11-23(22)3/h4-14H,3H2,1-2H3. The highest BCUT2D eigenvalue weighted by atomic mass is 15.0. The minimum absolute atomic E-state index is 1.17. The monoisotopic (exact) mass is 297 g/mol. The van der Waals surface area contributed by atoms with E-state index in [-0.39, 0.29) is 0 Å². The fourth-order valence-electron chi connectivity index (χ4n) is 3.51. The smallest absolute Gasteiger partial charge is 0.159 e. The third kappa shape index (κ3) is 2.25. The Kier molecular flexibility index (Phi) is 3.09. The Labute approximate surface area is 137 Å². The molecule has 0 aromatic heterocycles. The molecule has 0 spiro atoms. The molecule has 112 valence electrons. The third-order valence-corrected chi connectivity index (χ3v) is 4.43. The minimum Gasteiger partial charge on any atom is -0.243 e. The van der Waals surface area contributed by atoms with Crippen molar-refractivity contribution in [3.8, 4) is 0 Å². The van der Waals surface area contributed by atoms with Crippen LogP contribution in [0.3, 0.4) is 0 Å². The van der Waals surface area contributed by atoms with E-state index < -0.39 is 0 Å². The average Bonchev–Trinajstić information content (AvgIpc) is 2.53. The highest BCUT2D eigenvalue weighted by Gasteiger charge is 2.24. The Balaban J connectivity index is 1.98. The van der Waals surface area contributed by atoms with E-state index in [9.17, 15) is 0 Å². The van der Waals surface area contributed by atoms with Gasteiger partial charge >= 0.3 is 0 Å². The molecule has 1 aliphatic rings. The van der Waals surface area contributed by atoms with Gasteiger partial charge in [0.2, 0.25) is 0 Å². The van der Waals surface area contributed by atoms with Gasteiger partial charge in [0.05, 0.1) is 6.72 Å². The van der Waals surface area contributed by atoms with Gasteiger partial charge in [-0.05, 0) is 47.4 Å². The van der Waals surface area contributed by atoms with E-state index in [2.05, 4.69) is 87.4 Å². The normalized spacial score (nSPS) is 13.5. The number of rotatable bonds is 1. The van der Waals surface area contributed by atoms with E-state index in [0.717, 1.165) is 0 Å². The molecule has 0 saturated heterocycles. The summed E-state index contributed by atoms with van der Waals surface area (Å²) >= 11 is 0. The summed E-state index contributed by atoms with van der Waals surface area (Å²) in [5, 5.41) is 2.56. The topological polar surface area (TPSA) is 3.01 Å². The first kappa shape index (κ1) is 13.8. The summed E-state index contributed by atoms with van der Waals surface area (Å²) in [6.45, 7) is 8.49. The van der Waals surface area contributed by atoms with Crippen molar-refractivity contribution in [2.24, 2.45) is 0 Å². The van der Waals surface area contributed by atoms with Gasteiger partial charge in [0.1, 0.15) is 6.20 Å². The maximum Gasteiger partial charge on any atom is 0.159 e. The second-order valence-corrected chi connectivity index (χ2v) is 6.26. The van der Waals surface area contributed by atoms with Crippen molar-refractivity contribution >= 4 is 23.6 Å². The van der Waals surface area contributed by atoms with Gasteiger partial charge in [-0.25, -0.2) is 4.58 Å². The number of aryl methyl sites for hydroxylation is 2. The number of nitrogens with zero attached hydrogens (tertiary/aromatic N) is 1. The third-order valence-electron chi connectivity index (χ3n) is 4.43. The maximum atomic E-state index is 4.20. The largest absolute Gasteiger partial charge is 0.243 e. The first-order valence-electron chi connectivity index (χ1n) is 7.89. The molecule has 0 atom stereocenters. The zero-order valence-electron chi connectivity index (χ0n) is 13.5. The molecule has 0 amide bonds. The summed E-state index contributed by atoms with van der Waals surface area (Å²) in [4.78, 5) is 0. The van der Waals surface area contributed by atoms with Crippen LogP contribution in [0.1, 0.15) is 27.8 Å². The van der Waals surface area contributed by atoms with E-state index in [0.29, 0.717) is 0 Å². The van der Waals surface area contributed by atoms with Crippen LogP contribution in [0.4, 0.5) is 0 Å². The number of benzene rings is 3. The Morgan fingerprint density at radius 1 is 0.913 bits per heavy atom. The molecule has 0 bridgehead atoms. The van der Waals surface area contributed by atoms with Crippen molar-refractivity contribution in [1.82, 2.24) is 0 Å². The molecule has 3 aromatic carbocycles. The molecule has 3 aromatic rings. The molecule has 4 rings (SSSR count). The van der Waals surface area contributed by atoms with Crippen molar-refractivity contribution < 1.29 is 4.58 Å². The summed E-state index contributed by atoms with van der Waals surface area (Å²) in [7, 11) is 0. The molecule has 1 heteroatoms. The van der Waals surface area contributed by atoms with Gasteiger partial charge in [-0.1, -0.05) is 65.7 Å². The van der Waals surface area contributed by atoms with Gasteiger partial charge < -0.3 is 0 Å². The van der Waals surface area contributed by atoms with Gasteiger partial charge in [-0.3, -0.25) is 0 Å². The summed E-state index contributed by atoms with van der Waals surface area (Å²) in [5.41, 5.74) is 6.29. The number of hydrogen-bond donors (Lipinski definition) is 0. The lowest BCUT2D eigenvalue weighted by molar-refractivity contribution is -0.418. The molecule has 0 aliphatic carbocycles. The second kappa shape index (κ2) is 5.13. The van der Waals surface area contributed by atoms with E-state index >= 15 is 0 Å². The highest BCUT2D eigenvalue weighted by molar-refractivity contribution is 5.93. The Morgan fingerprint density at radius 2 is 1.65 bits per heavy atom. The highest BCUT2D eigenvalue weighted by Crippen LogP contribution is 2.36. The first-order valence-corrected chi connectivity index (χ1v) is 7.89. The van der Waals surface area contributed by atoms with Crippen LogP contribution in [0.15, 0.2) is 60.8 Å². The second-order valence-electron chi connectivity index (χ2n) is 6.26. The van der Waals surface area contributed by atoms with E-state index in [1.165, 1.54) is 44.6 Å². The molecule has 0 unspecified atom stereocenters. The predicted octanol–water partition coefficient (Wildman–Crippen LogP) is 5.08. The lowest BCUT2D eigenvalue weighted by atomic mass is 9.87. The van der Waals surface area contributed by atoms with Crippen molar-refractivity contribution in [3.63, 3.8) is 0 Å². The minimum atomic E-state index is 1.17. The fourth-order valence-corrected chi connectivity index (χ4v) is 3.51. The quantitative estimate of drug-likeness (QED) is 0.435. The Morgan fingerprint density at radius 3 is 2.43 bits per heavy atom. The Hall–Kier alpha value is -2.80. The van der Waals surface area contributed by atoms with Crippen LogP contribution in [0.5, 0.6) is 0 Å². The van der Waals surface area contributed by atoms with Gasteiger partial charge in [0.15, 0.2) is 6.04 Å². The molecule has 1 aliphatic heterocycles. The van der Waals surface area contributed by atoms with Crippen LogP contribution in [0.2, 0.25) is 0 Å². The van der Waals surface area contributed by atoms with E-state index in [4.69, 9.17) is 0 Å². The van der Waals surface area contributed by atoms with Crippen LogP contribution < -0.4 is 0 Å². The molecular formula is C22H19N. The van der Waals surface area contributed by atoms with Crippen LogP contribution in [-0.4, -0.2) is 11.3 Å². The van der Waals surface area contributed by atoms with Gasteiger partial charge in [-0.15, -0.1) is 0 Å². The van der Waals surface area contributed by atoms with Crippen LogP contribution in [-0.2, 0) is 0 Å². The zero-order valence-corrected chi connectivity index (χ0v) is 13.5. The Bertz CT molecular complexity index is 943. The summed E-state index contributed by atoms with van der Waals surface area (Å²) in [6.07, 6.45) is 4.22. The lowest BCUT2D eigenvalue weighted by Crippen LogP contribution is -2.19. The molecule has 23 heavy (non-hydrogen) atoms. The average molecular weight is 297 g/mol. The molecule has 0 N–H and O–H groups in total. The molecule has 0 saturated carbocycles. The van der Waals surface area contributed by atoms with Crippen LogP contribution in [0, 0.1) is 19.9 Å². The summed E-state index contributed by atoms with van der Waals surface area (Å²) in [5.74, 6) is 0. The van der Waals surface area contributed by atoms with Crippen molar-refractivity contribution in [3.05, 3.63) is 94.7 Å². The SMILES string of the molecule is C=[N+]1C=Cc2c(ccc3ccccc23)[C-]1c1cc(C)cc(C)c1. The molecule has 1 heterocycles. The molecular weight excluding hydrogens is 278 g/mol. The number of hydrogen-bond acceptors (Lipinski definition) is 0.